The number of rotatable bonds is 5. The summed E-state index contributed by atoms with van der Waals surface area (Å²) in [5.74, 6) is 0.657. The van der Waals surface area contributed by atoms with Gasteiger partial charge in [-0.2, -0.15) is 0 Å². The smallest absolute Gasteiger partial charge is 0.261 e. The molecule has 4 nitrogen and oxygen atoms in total. The third-order valence-corrected chi connectivity index (χ3v) is 6.83. The van der Waals surface area contributed by atoms with Gasteiger partial charge in [-0.3, -0.25) is 9.69 Å². The Kier molecular flexibility index (Phi) is 5.82. The lowest BCUT2D eigenvalue weighted by atomic mass is 10.1. The van der Waals surface area contributed by atoms with Crippen LogP contribution in [0, 0.1) is 10.5 Å². The molecule has 0 bridgehead atoms. The molecule has 3 aromatic carbocycles. The van der Waals surface area contributed by atoms with E-state index in [1.807, 2.05) is 73.7 Å². The van der Waals surface area contributed by atoms with Crippen LogP contribution in [0.15, 0.2) is 66.7 Å². The maximum Gasteiger partial charge on any atom is 0.261 e. The zero-order valence-electron chi connectivity index (χ0n) is 16.1. The van der Waals surface area contributed by atoms with Gasteiger partial charge in [-0.05, 0) is 58.8 Å². The predicted molar refractivity (Wildman–Crippen MR) is 127 cm³/mol. The van der Waals surface area contributed by atoms with Crippen molar-refractivity contribution in [3.63, 3.8) is 0 Å². The second-order valence-electron chi connectivity index (χ2n) is 6.62. The number of aryl methyl sites for hydroxylation is 1. The van der Waals surface area contributed by atoms with E-state index in [1.165, 1.54) is 11.3 Å². The van der Waals surface area contributed by atoms with Crippen molar-refractivity contribution in [2.75, 3.05) is 12.0 Å². The first-order chi connectivity index (χ1) is 14.1. The molecule has 1 heterocycles. The summed E-state index contributed by atoms with van der Waals surface area (Å²) in [7, 11) is 1.64. The lowest BCUT2D eigenvalue weighted by Gasteiger charge is -2.20. The van der Waals surface area contributed by atoms with E-state index in [0.29, 0.717) is 17.2 Å². The molecule has 0 aliphatic carbocycles. The van der Waals surface area contributed by atoms with Crippen LogP contribution in [0.3, 0.4) is 0 Å². The number of amides is 1. The topological polar surface area (TPSA) is 42.4 Å². The van der Waals surface area contributed by atoms with Gasteiger partial charge < -0.3 is 4.74 Å². The van der Waals surface area contributed by atoms with E-state index in [4.69, 9.17) is 9.72 Å². The van der Waals surface area contributed by atoms with Crippen molar-refractivity contribution in [1.29, 1.82) is 0 Å². The lowest BCUT2D eigenvalue weighted by molar-refractivity contribution is 0.0984. The largest absolute Gasteiger partial charge is 0.494 e. The fraction of sp³-hybridized carbons (Fsp3) is 0.130. The minimum absolute atomic E-state index is 0.0606. The third-order valence-electron chi connectivity index (χ3n) is 4.68. The molecule has 1 aromatic heterocycles. The Labute approximate surface area is 187 Å². The molecule has 0 atom stereocenters. The molecular formula is C23H19IN2O2S. The average Bonchev–Trinajstić information content (AvgIpc) is 3.19. The van der Waals surface area contributed by atoms with Gasteiger partial charge in [0.2, 0.25) is 0 Å². The van der Waals surface area contributed by atoms with Crippen LogP contribution >= 0.6 is 33.9 Å². The number of benzene rings is 3. The van der Waals surface area contributed by atoms with E-state index in [2.05, 4.69) is 22.6 Å². The zero-order chi connectivity index (χ0) is 20.4. The Hall–Kier alpha value is -2.45. The summed E-state index contributed by atoms with van der Waals surface area (Å²) in [6.45, 7) is 2.50. The van der Waals surface area contributed by atoms with Gasteiger partial charge in [0.1, 0.15) is 11.3 Å². The molecule has 0 saturated carbocycles. The standard InChI is InChI=1S/C23H19IN2O2S/c1-15-12-13-19(28-2)20-21(15)29-23(25-20)26(14-16-8-4-3-5-9-16)22(27)17-10-6-7-11-18(17)24/h3-13H,14H2,1-2H3. The third kappa shape index (κ3) is 4.00. The van der Waals surface area contributed by atoms with Gasteiger partial charge in [-0.15, -0.1) is 0 Å². The highest BCUT2D eigenvalue weighted by Gasteiger charge is 2.24. The number of thiazole rings is 1. The van der Waals surface area contributed by atoms with Crippen LogP contribution in [0.4, 0.5) is 5.13 Å². The van der Waals surface area contributed by atoms with Crippen LogP contribution in [-0.2, 0) is 6.54 Å². The van der Waals surface area contributed by atoms with Crippen molar-refractivity contribution in [2.24, 2.45) is 0 Å². The molecule has 0 fully saturated rings. The fourth-order valence-corrected chi connectivity index (χ4v) is 4.82. The SMILES string of the molecule is COc1ccc(C)c2sc(N(Cc3ccccc3)C(=O)c3ccccc3I)nc12. The molecule has 0 unspecified atom stereocenters. The number of methoxy groups -OCH3 is 1. The number of hydrogen-bond acceptors (Lipinski definition) is 4. The molecule has 1 amide bonds. The maximum absolute atomic E-state index is 13.5. The number of carbonyl (C=O) groups excluding carboxylic acids is 1. The first-order valence-corrected chi connectivity index (χ1v) is 11.0. The molecule has 0 aliphatic rings. The number of anilines is 1. The van der Waals surface area contributed by atoms with E-state index >= 15 is 0 Å². The second kappa shape index (κ2) is 8.51. The molecular weight excluding hydrogens is 495 g/mol. The lowest BCUT2D eigenvalue weighted by Crippen LogP contribution is -2.30. The Morgan fingerprint density at radius 3 is 2.52 bits per heavy atom. The minimum atomic E-state index is -0.0606. The van der Waals surface area contributed by atoms with E-state index in [9.17, 15) is 4.79 Å². The average molecular weight is 514 g/mol. The van der Waals surface area contributed by atoms with Gasteiger partial charge in [0, 0.05) is 3.57 Å². The van der Waals surface area contributed by atoms with Crippen molar-refractivity contribution in [2.45, 2.75) is 13.5 Å². The molecule has 0 N–H and O–H groups in total. The van der Waals surface area contributed by atoms with Crippen LogP contribution < -0.4 is 9.64 Å². The van der Waals surface area contributed by atoms with Gasteiger partial charge in [-0.25, -0.2) is 4.98 Å². The number of carbonyl (C=O) groups is 1. The number of nitrogens with zero attached hydrogens (tertiary/aromatic N) is 2. The minimum Gasteiger partial charge on any atom is -0.494 e. The molecule has 0 saturated heterocycles. The number of halogens is 1. The summed E-state index contributed by atoms with van der Waals surface area (Å²) in [4.78, 5) is 20.1. The predicted octanol–water partition coefficient (Wildman–Crippen LogP) is 6.06. The van der Waals surface area contributed by atoms with Crippen LogP contribution in [0.1, 0.15) is 21.5 Å². The summed E-state index contributed by atoms with van der Waals surface area (Å²) in [5, 5.41) is 0.668. The molecule has 4 aromatic rings. The molecule has 0 spiro atoms. The summed E-state index contributed by atoms with van der Waals surface area (Å²) in [6.07, 6.45) is 0. The van der Waals surface area contributed by atoms with Gasteiger partial charge >= 0.3 is 0 Å². The van der Waals surface area contributed by atoms with Gasteiger partial charge in [0.25, 0.3) is 5.91 Å². The van der Waals surface area contributed by atoms with E-state index < -0.39 is 0 Å². The fourth-order valence-electron chi connectivity index (χ4n) is 3.15. The first kappa shape index (κ1) is 19.8. The highest BCUT2D eigenvalue weighted by Crippen LogP contribution is 2.37. The Bertz CT molecular complexity index is 1170. The highest BCUT2D eigenvalue weighted by molar-refractivity contribution is 14.1. The monoisotopic (exact) mass is 514 g/mol. The summed E-state index contributed by atoms with van der Waals surface area (Å²) in [6, 6.07) is 21.6. The Morgan fingerprint density at radius 1 is 1.07 bits per heavy atom. The normalized spacial score (nSPS) is 10.9. The number of ether oxygens (including phenoxy) is 1. The van der Waals surface area contributed by atoms with Gasteiger partial charge in [0.15, 0.2) is 5.13 Å². The molecule has 0 aliphatic heterocycles. The molecule has 146 valence electrons. The molecule has 4 rings (SSSR count). The van der Waals surface area contributed by atoms with Crippen molar-refractivity contribution in [1.82, 2.24) is 4.98 Å². The van der Waals surface area contributed by atoms with Crippen molar-refractivity contribution in [3.8, 4) is 5.75 Å². The van der Waals surface area contributed by atoms with Gasteiger partial charge in [-0.1, -0.05) is 59.9 Å². The van der Waals surface area contributed by atoms with E-state index in [0.717, 1.165) is 30.7 Å². The molecule has 29 heavy (non-hydrogen) atoms. The van der Waals surface area contributed by atoms with Crippen LogP contribution in [0.5, 0.6) is 5.75 Å². The van der Waals surface area contributed by atoms with Crippen LogP contribution in [0.25, 0.3) is 10.2 Å². The van der Waals surface area contributed by atoms with Crippen molar-refractivity contribution < 1.29 is 9.53 Å². The molecule has 0 radical (unpaired) electrons. The van der Waals surface area contributed by atoms with Crippen LogP contribution in [0.2, 0.25) is 0 Å². The zero-order valence-corrected chi connectivity index (χ0v) is 19.0. The Balaban J connectivity index is 1.84. The highest BCUT2D eigenvalue weighted by atomic mass is 127. The number of fused-ring (bicyclic) bond motifs is 1. The Morgan fingerprint density at radius 2 is 1.79 bits per heavy atom. The first-order valence-electron chi connectivity index (χ1n) is 9.13. The van der Waals surface area contributed by atoms with E-state index in [-0.39, 0.29) is 5.91 Å². The number of aromatic nitrogens is 1. The van der Waals surface area contributed by atoms with Crippen LogP contribution in [-0.4, -0.2) is 18.0 Å². The van der Waals surface area contributed by atoms with Crippen molar-refractivity contribution in [3.05, 3.63) is 87.0 Å². The number of hydrogen-bond donors (Lipinski definition) is 0. The summed E-state index contributed by atoms with van der Waals surface area (Å²) < 4.78 is 7.45. The molecule has 6 heteroatoms. The summed E-state index contributed by atoms with van der Waals surface area (Å²) >= 11 is 3.73. The van der Waals surface area contributed by atoms with Crippen molar-refractivity contribution >= 4 is 55.2 Å². The second-order valence-corrected chi connectivity index (χ2v) is 8.76. The quantitative estimate of drug-likeness (QED) is 0.304. The summed E-state index contributed by atoms with van der Waals surface area (Å²) in [5.41, 5.74) is 3.63. The van der Waals surface area contributed by atoms with E-state index in [1.54, 1.807) is 12.0 Å². The maximum atomic E-state index is 13.5. The van der Waals surface area contributed by atoms with Gasteiger partial charge in [0.05, 0.1) is 23.9 Å².